The van der Waals surface area contributed by atoms with Crippen molar-refractivity contribution in [2.45, 2.75) is 38.0 Å². The van der Waals surface area contributed by atoms with Crippen LogP contribution in [0.5, 0.6) is 5.75 Å². The van der Waals surface area contributed by atoms with Crippen molar-refractivity contribution in [3.8, 4) is 5.75 Å². The van der Waals surface area contributed by atoms with Gasteiger partial charge >= 0.3 is 5.97 Å². The molecule has 1 saturated carbocycles. The summed E-state index contributed by atoms with van der Waals surface area (Å²) in [7, 11) is 0. The zero-order chi connectivity index (χ0) is 16.0. The van der Waals surface area contributed by atoms with Crippen molar-refractivity contribution in [1.82, 2.24) is 0 Å². The fourth-order valence-electron chi connectivity index (χ4n) is 2.99. The average Bonchev–Trinajstić information content (AvgIpc) is 2.54. The van der Waals surface area contributed by atoms with Crippen LogP contribution in [0.25, 0.3) is 0 Å². The number of Topliss-reactive ketones (excluding diaryl/α,β-unsaturated/α-hetero) is 1. The molecule has 0 spiro atoms. The van der Waals surface area contributed by atoms with Gasteiger partial charge in [0.05, 0.1) is 6.61 Å². The Kier molecular flexibility index (Phi) is 5.36. The van der Waals surface area contributed by atoms with Crippen LogP contribution in [0.2, 0.25) is 0 Å². The molecule has 4 heteroatoms. The first-order valence-corrected chi connectivity index (χ1v) is 7.70. The van der Waals surface area contributed by atoms with Crippen molar-refractivity contribution in [3.63, 3.8) is 0 Å². The zero-order valence-electron chi connectivity index (χ0n) is 13.0. The topological polar surface area (TPSA) is 52.6 Å². The third-order valence-electron chi connectivity index (χ3n) is 4.01. The molecule has 1 unspecified atom stereocenters. The predicted molar refractivity (Wildman–Crippen MR) is 83.9 cm³/mol. The monoisotopic (exact) mass is 302 g/mol. The highest BCUT2D eigenvalue weighted by atomic mass is 16.5. The number of carbonyl (C=O) groups excluding carboxylic acids is 2. The number of para-hydroxylation sites is 1. The van der Waals surface area contributed by atoms with Crippen LogP contribution < -0.4 is 4.74 Å². The summed E-state index contributed by atoms with van der Waals surface area (Å²) in [5, 5.41) is 0. The lowest BCUT2D eigenvalue weighted by atomic mass is 9.68. The van der Waals surface area contributed by atoms with Gasteiger partial charge in [0.15, 0.2) is 11.2 Å². The van der Waals surface area contributed by atoms with Gasteiger partial charge in [-0.3, -0.25) is 9.59 Å². The van der Waals surface area contributed by atoms with Crippen LogP contribution in [0.4, 0.5) is 0 Å². The summed E-state index contributed by atoms with van der Waals surface area (Å²) >= 11 is 0. The van der Waals surface area contributed by atoms with Crippen LogP contribution in [0.15, 0.2) is 36.9 Å². The minimum absolute atomic E-state index is 0.0770. The summed E-state index contributed by atoms with van der Waals surface area (Å²) < 4.78 is 10.9. The second-order valence-corrected chi connectivity index (χ2v) is 5.35. The van der Waals surface area contributed by atoms with E-state index >= 15 is 0 Å². The van der Waals surface area contributed by atoms with Gasteiger partial charge in [0.2, 0.25) is 0 Å². The molecule has 1 fully saturated rings. The summed E-state index contributed by atoms with van der Waals surface area (Å²) in [6, 6.07) is 7.22. The van der Waals surface area contributed by atoms with Gasteiger partial charge in [-0.1, -0.05) is 37.3 Å². The normalized spacial score (nSPS) is 21.2. The van der Waals surface area contributed by atoms with Gasteiger partial charge < -0.3 is 9.47 Å². The van der Waals surface area contributed by atoms with Crippen LogP contribution in [0.1, 0.15) is 38.2 Å². The molecule has 0 radical (unpaired) electrons. The first kappa shape index (κ1) is 16.3. The smallest absolute Gasteiger partial charge is 0.324 e. The summed E-state index contributed by atoms with van der Waals surface area (Å²) in [6.07, 6.45) is 4.14. The summed E-state index contributed by atoms with van der Waals surface area (Å²) in [6.45, 7) is 5.96. The van der Waals surface area contributed by atoms with Crippen molar-refractivity contribution in [2.24, 2.45) is 0 Å². The van der Waals surface area contributed by atoms with E-state index in [1.54, 1.807) is 25.1 Å². The molecule has 0 N–H and O–H groups in total. The van der Waals surface area contributed by atoms with Gasteiger partial charge in [-0.05, 0) is 25.8 Å². The Labute approximate surface area is 131 Å². The molecule has 0 amide bonds. The summed E-state index contributed by atoms with van der Waals surface area (Å²) in [4.78, 5) is 25.3. The van der Waals surface area contributed by atoms with Crippen molar-refractivity contribution >= 4 is 11.8 Å². The number of hydrogen-bond donors (Lipinski definition) is 0. The molecule has 1 atom stereocenters. The van der Waals surface area contributed by atoms with Crippen LogP contribution in [-0.4, -0.2) is 25.0 Å². The highest BCUT2D eigenvalue weighted by Gasteiger charge is 2.50. The molecule has 1 aliphatic rings. The Balaban J connectivity index is 2.52. The number of ketones is 1. The fraction of sp³-hybridized carbons (Fsp3) is 0.444. The zero-order valence-corrected chi connectivity index (χ0v) is 13.0. The molecular formula is C18H22O4. The Bertz CT molecular complexity index is 564. The van der Waals surface area contributed by atoms with Gasteiger partial charge in [-0.15, -0.1) is 0 Å². The number of rotatable bonds is 6. The van der Waals surface area contributed by atoms with Crippen LogP contribution >= 0.6 is 0 Å². The maximum Gasteiger partial charge on any atom is 0.324 e. The quantitative estimate of drug-likeness (QED) is 0.460. The standard InChI is InChI=1S/C18H22O4/c1-3-13-22-15-10-6-5-9-14(15)18(17(20)21-4-2)12-8-7-11-16(18)19/h3,5-6,9-10H,1,4,7-8,11-13H2,2H3. The molecule has 2 rings (SSSR count). The second kappa shape index (κ2) is 7.25. The van der Waals surface area contributed by atoms with Crippen molar-refractivity contribution < 1.29 is 19.1 Å². The number of hydrogen-bond acceptors (Lipinski definition) is 4. The average molecular weight is 302 g/mol. The molecule has 1 aromatic rings. The molecule has 1 aliphatic carbocycles. The number of ether oxygens (including phenoxy) is 2. The van der Waals surface area contributed by atoms with Gasteiger partial charge in [0.25, 0.3) is 0 Å². The van der Waals surface area contributed by atoms with Crippen LogP contribution in [0, 0.1) is 0 Å². The van der Waals surface area contributed by atoms with Gasteiger partial charge in [0, 0.05) is 12.0 Å². The molecule has 1 aromatic carbocycles. The fourth-order valence-corrected chi connectivity index (χ4v) is 2.99. The van der Waals surface area contributed by atoms with E-state index in [2.05, 4.69) is 6.58 Å². The van der Waals surface area contributed by atoms with E-state index in [0.29, 0.717) is 30.8 Å². The van der Waals surface area contributed by atoms with Gasteiger partial charge in [-0.25, -0.2) is 0 Å². The van der Waals surface area contributed by atoms with Crippen molar-refractivity contribution in [1.29, 1.82) is 0 Å². The molecule has 4 nitrogen and oxygen atoms in total. The number of esters is 1. The predicted octanol–water partition coefficient (Wildman–Crippen LogP) is 3.20. The lowest BCUT2D eigenvalue weighted by molar-refractivity contribution is -0.155. The van der Waals surface area contributed by atoms with Crippen LogP contribution in [-0.2, 0) is 19.7 Å². The Morgan fingerprint density at radius 1 is 1.36 bits per heavy atom. The molecule has 0 aromatic heterocycles. The summed E-state index contributed by atoms with van der Waals surface area (Å²) in [5.74, 6) is 0.00640. The second-order valence-electron chi connectivity index (χ2n) is 5.35. The minimum atomic E-state index is -1.23. The maximum absolute atomic E-state index is 12.7. The molecule has 0 bridgehead atoms. The van der Waals surface area contributed by atoms with Crippen LogP contribution in [0.3, 0.4) is 0 Å². The molecule has 118 valence electrons. The van der Waals surface area contributed by atoms with E-state index in [9.17, 15) is 9.59 Å². The van der Waals surface area contributed by atoms with E-state index in [0.717, 1.165) is 12.8 Å². The Morgan fingerprint density at radius 3 is 2.82 bits per heavy atom. The molecule has 22 heavy (non-hydrogen) atoms. The molecule has 0 aliphatic heterocycles. The molecule has 0 saturated heterocycles. The highest BCUT2D eigenvalue weighted by molar-refractivity contribution is 6.10. The largest absolute Gasteiger partial charge is 0.489 e. The lowest BCUT2D eigenvalue weighted by Crippen LogP contribution is -2.47. The SMILES string of the molecule is C=CCOc1ccccc1C1(C(=O)OCC)CCCCC1=O. The third kappa shape index (κ3) is 2.91. The van der Waals surface area contributed by atoms with E-state index in [1.807, 2.05) is 12.1 Å². The maximum atomic E-state index is 12.7. The number of benzene rings is 1. The van der Waals surface area contributed by atoms with E-state index < -0.39 is 11.4 Å². The third-order valence-corrected chi connectivity index (χ3v) is 4.01. The molecular weight excluding hydrogens is 280 g/mol. The van der Waals surface area contributed by atoms with Crippen molar-refractivity contribution in [3.05, 3.63) is 42.5 Å². The molecule has 0 heterocycles. The Hall–Kier alpha value is -2.10. The van der Waals surface area contributed by atoms with E-state index in [1.165, 1.54) is 0 Å². The van der Waals surface area contributed by atoms with Gasteiger partial charge in [0.1, 0.15) is 12.4 Å². The van der Waals surface area contributed by atoms with Crippen molar-refractivity contribution in [2.75, 3.05) is 13.2 Å². The van der Waals surface area contributed by atoms with E-state index in [4.69, 9.17) is 9.47 Å². The first-order chi connectivity index (χ1) is 10.7. The lowest BCUT2D eigenvalue weighted by Gasteiger charge is -2.34. The summed E-state index contributed by atoms with van der Waals surface area (Å²) in [5.41, 5.74) is -0.619. The first-order valence-electron chi connectivity index (χ1n) is 7.70. The van der Waals surface area contributed by atoms with E-state index in [-0.39, 0.29) is 12.4 Å². The minimum Gasteiger partial charge on any atom is -0.489 e. The van der Waals surface area contributed by atoms with Gasteiger partial charge in [-0.2, -0.15) is 0 Å². The Morgan fingerprint density at radius 2 is 2.14 bits per heavy atom. The highest BCUT2D eigenvalue weighted by Crippen LogP contribution is 2.42. The number of carbonyl (C=O) groups is 2.